The molecule has 0 N–H and O–H groups in total. The van der Waals surface area contributed by atoms with Gasteiger partial charge in [0.15, 0.2) is 5.65 Å². The molecule has 5 heteroatoms. The van der Waals surface area contributed by atoms with Gasteiger partial charge in [0.2, 0.25) is 0 Å². The molecule has 0 aromatic carbocycles. The third kappa shape index (κ3) is 2.46. The van der Waals surface area contributed by atoms with E-state index >= 15 is 0 Å². The van der Waals surface area contributed by atoms with E-state index in [4.69, 9.17) is 23.2 Å². The Balaban J connectivity index is 2.79. The average Bonchev–Trinajstić information content (AvgIpc) is 2.77. The van der Waals surface area contributed by atoms with Crippen LogP contribution in [0.25, 0.3) is 11.2 Å². The minimum absolute atomic E-state index is 0.0337. The second-order valence-corrected chi connectivity index (χ2v) is 6.21. The first-order chi connectivity index (χ1) is 8.92. The van der Waals surface area contributed by atoms with Crippen molar-refractivity contribution < 1.29 is 0 Å². The summed E-state index contributed by atoms with van der Waals surface area (Å²) in [4.78, 5) is 9.07. The fraction of sp³-hybridized carbons (Fsp3) is 0.571. The lowest BCUT2D eigenvalue weighted by atomic mass is 9.94. The molecule has 0 saturated heterocycles. The number of alkyl halides is 1. The van der Waals surface area contributed by atoms with Crippen LogP contribution in [-0.2, 0) is 5.54 Å². The lowest BCUT2D eigenvalue weighted by Gasteiger charge is -2.31. The minimum atomic E-state index is -0.162. The largest absolute Gasteiger partial charge is 0.306 e. The highest BCUT2D eigenvalue weighted by Crippen LogP contribution is 2.34. The summed E-state index contributed by atoms with van der Waals surface area (Å²) in [6.45, 7) is 8.50. The Bertz CT molecular complexity index is 586. The zero-order valence-corrected chi connectivity index (χ0v) is 13.3. The van der Waals surface area contributed by atoms with Crippen LogP contribution in [0.15, 0.2) is 12.3 Å². The van der Waals surface area contributed by atoms with Gasteiger partial charge < -0.3 is 4.57 Å². The van der Waals surface area contributed by atoms with Gasteiger partial charge in [-0.05, 0) is 32.8 Å². The maximum Gasteiger partial charge on any atom is 0.160 e. The van der Waals surface area contributed by atoms with Gasteiger partial charge >= 0.3 is 0 Å². The summed E-state index contributed by atoms with van der Waals surface area (Å²) in [6.07, 6.45) is 3.65. The van der Waals surface area contributed by atoms with Crippen molar-refractivity contribution in [2.45, 2.75) is 51.5 Å². The molecule has 0 fully saturated rings. The number of imidazole rings is 1. The van der Waals surface area contributed by atoms with Gasteiger partial charge in [0.25, 0.3) is 0 Å². The highest BCUT2D eigenvalue weighted by atomic mass is 35.5. The number of hydrogen-bond acceptors (Lipinski definition) is 2. The summed E-state index contributed by atoms with van der Waals surface area (Å²) in [5.74, 6) is 0.859. The van der Waals surface area contributed by atoms with Crippen LogP contribution in [0.2, 0.25) is 5.02 Å². The molecule has 2 heterocycles. The summed E-state index contributed by atoms with van der Waals surface area (Å²) in [7, 11) is 0. The molecule has 1 atom stereocenters. The number of hydrogen-bond donors (Lipinski definition) is 0. The van der Waals surface area contributed by atoms with Gasteiger partial charge in [-0.3, -0.25) is 0 Å². The lowest BCUT2D eigenvalue weighted by molar-refractivity contribution is 0.292. The predicted octanol–water partition coefficient (Wildman–Crippen LogP) is 4.92. The lowest BCUT2D eigenvalue weighted by Crippen LogP contribution is -2.30. The smallest absolute Gasteiger partial charge is 0.160 e. The van der Waals surface area contributed by atoms with Crippen LogP contribution in [0.3, 0.4) is 0 Å². The first-order valence-electron chi connectivity index (χ1n) is 6.61. The molecule has 0 aliphatic heterocycles. The van der Waals surface area contributed by atoms with Crippen LogP contribution in [-0.4, -0.2) is 14.5 Å². The molecule has 0 saturated carbocycles. The molecule has 104 valence electrons. The molecule has 2 aromatic rings. The third-order valence-corrected chi connectivity index (χ3v) is 4.31. The van der Waals surface area contributed by atoms with Gasteiger partial charge in [-0.1, -0.05) is 25.4 Å². The van der Waals surface area contributed by atoms with Crippen molar-refractivity contribution >= 4 is 34.4 Å². The molecule has 3 nitrogen and oxygen atoms in total. The van der Waals surface area contributed by atoms with Crippen molar-refractivity contribution in [1.29, 1.82) is 0 Å². The SMILES string of the molecule is CCC(C)(CC)n1c(C(C)Cl)nc2cc(Cl)cnc21. The summed E-state index contributed by atoms with van der Waals surface area (Å²) >= 11 is 12.3. The molecule has 1 unspecified atom stereocenters. The van der Waals surface area contributed by atoms with E-state index in [1.165, 1.54) is 0 Å². The van der Waals surface area contributed by atoms with Crippen molar-refractivity contribution in [2.24, 2.45) is 0 Å². The zero-order chi connectivity index (χ0) is 14.2. The highest BCUT2D eigenvalue weighted by molar-refractivity contribution is 6.31. The first kappa shape index (κ1) is 14.6. The number of halogens is 2. The monoisotopic (exact) mass is 299 g/mol. The Morgan fingerprint density at radius 2 is 2.00 bits per heavy atom. The van der Waals surface area contributed by atoms with E-state index in [-0.39, 0.29) is 10.9 Å². The van der Waals surface area contributed by atoms with Crippen molar-refractivity contribution in [1.82, 2.24) is 14.5 Å². The second kappa shape index (κ2) is 5.29. The van der Waals surface area contributed by atoms with E-state index < -0.39 is 0 Å². The molecular formula is C14H19Cl2N3. The maximum absolute atomic E-state index is 6.30. The fourth-order valence-corrected chi connectivity index (χ4v) is 2.62. The molecule has 0 aliphatic rings. The quantitative estimate of drug-likeness (QED) is 0.750. The first-order valence-corrected chi connectivity index (χ1v) is 7.42. The number of rotatable bonds is 4. The van der Waals surface area contributed by atoms with E-state index in [9.17, 15) is 0 Å². The minimum Gasteiger partial charge on any atom is -0.306 e. The molecule has 19 heavy (non-hydrogen) atoms. The molecule has 0 aliphatic carbocycles. The molecule has 2 rings (SSSR count). The molecular weight excluding hydrogens is 281 g/mol. The van der Waals surface area contributed by atoms with Gasteiger partial charge in [-0.2, -0.15) is 0 Å². The van der Waals surface area contributed by atoms with Crippen molar-refractivity contribution in [3.05, 3.63) is 23.1 Å². The highest BCUT2D eigenvalue weighted by Gasteiger charge is 2.29. The molecule has 0 bridgehead atoms. The van der Waals surface area contributed by atoms with Crippen LogP contribution in [0.5, 0.6) is 0 Å². The van der Waals surface area contributed by atoms with Crippen molar-refractivity contribution in [3.63, 3.8) is 0 Å². The van der Waals surface area contributed by atoms with Gasteiger partial charge in [0, 0.05) is 11.7 Å². The van der Waals surface area contributed by atoms with E-state index in [0.717, 1.165) is 29.8 Å². The number of pyridine rings is 1. The summed E-state index contributed by atoms with van der Waals surface area (Å²) in [6, 6.07) is 1.84. The summed E-state index contributed by atoms with van der Waals surface area (Å²) in [5, 5.41) is 0.436. The Kier molecular flexibility index (Phi) is 4.07. The summed E-state index contributed by atoms with van der Waals surface area (Å²) in [5.41, 5.74) is 1.63. The predicted molar refractivity (Wildman–Crippen MR) is 81.0 cm³/mol. The van der Waals surface area contributed by atoms with Crippen LogP contribution < -0.4 is 0 Å². The number of fused-ring (bicyclic) bond motifs is 1. The Hall–Kier alpha value is -0.800. The van der Waals surface area contributed by atoms with Crippen molar-refractivity contribution in [3.8, 4) is 0 Å². The Morgan fingerprint density at radius 1 is 1.37 bits per heavy atom. The molecule has 0 spiro atoms. The zero-order valence-electron chi connectivity index (χ0n) is 11.7. The summed E-state index contributed by atoms with van der Waals surface area (Å²) < 4.78 is 2.18. The van der Waals surface area contributed by atoms with Crippen LogP contribution >= 0.6 is 23.2 Å². The average molecular weight is 300 g/mol. The van der Waals surface area contributed by atoms with Gasteiger partial charge in [0.1, 0.15) is 11.3 Å². The molecule has 0 radical (unpaired) electrons. The van der Waals surface area contributed by atoms with Crippen molar-refractivity contribution in [2.75, 3.05) is 0 Å². The Labute approximate surface area is 123 Å². The van der Waals surface area contributed by atoms with Gasteiger partial charge in [-0.25, -0.2) is 9.97 Å². The maximum atomic E-state index is 6.30. The van der Waals surface area contributed by atoms with E-state index in [1.54, 1.807) is 6.20 Å². The Morgan fingerprint density at radius 3 is 2.53 bits per heavy atom. The molecule has 0 amide bonds. The third-order valence-electron chi connectivity index (χ3n) is 3.91. The number of aromatic nitrogens is 3. The topological polar surface area (TPSA) is 30.7 Å². The standard InChI is InChI=1S/C14H19Cl2N3/c1-5-14(4,6-2)19-12(9(3)15)18-11-7-10(16)8-17-13(11)19/h7-9H,5-6H2,1-4H3. The van der Waals surface area contributed by atoms with Gasteiger partial charge in [0.05, 0.1) is 10.4 Å². The van der Waals surface area contributed by atoms with Crippen LogP contribution in [0, 0.1) is 0 Å². The van der Waals surface area contributed by atoms with E-state index in [2.05, 4.69) is 35.3 Å². The van der Waals surface area contributed by atoms with E-state index in [0.29, 0.717) is 5.02 Å². The fourth-order valence-electron chi connectivity index (χ4n) is 2.32. The van der Waals surface area contributed by atoms with E-state index in [1.807, 2.05) is 13.0 Å². The normalized spacial score (nSPS) is 14.0. The molecule has 2 aromatic heterocycles. The van der Waals surface area contributed by atoms with Crippen LogP contribution in [0.4, 0.5) is 0 Å². The van der Waals surface area contributed by atoms with Gasteiger partial charge in [-0.15, -0.1) is 11.6 Å². The second-order valence-electron chi connectivity index (χ2n) is 5.12. The number of nitrogens with zero attached hydrogens (tertiary/aromatic N) is 3. The van der Waals surface area contributed by atoms with Crippen LogP contribution in [0.1, 0.15) is 51.7 Å².